The third-order valence-corrected chi connectivity index (χ3v) is 4.79. The molecule has 1 aliphatic heterocycles. The second-order valence-electron chi connectivity index (χ2n) is 6.83. The molecule has 1 heterocycles. The Morgan fingerprint density at radius 2 is 2.07 bits per heavy atom. The number of aliphatic imine (C=N–C) groups is 1. The lowest BCUT2D eigenvalue weighted by atomic mass is 10.00. The van der Waals surface area contributed by atoms with Crippen LogP contribution in [-0.4, -0.2) is 42.0 Å². The molecule has 2 aromatic carbocycles. The number of nitrogens with zero attached hydrogens (tertiary/aromatic N) is 2. The minimum atomic E-state index is -0.555. The Hall–Kier alpha value is -2.89. The van der Waals surface area contributed by atoms with Crippen LogP contribution in [0.25, 0.3) is 5.57 Å². The molecule has 5 nitrogen and oxygen atoms in total. The molecular weight excluding hydrogens is 350 g/mol. The molecule has 146 valence electrons. The smallest absolute Gasteiger partial charge is 0.120 e. The number of allylic oxidation sites excluding steroid dienone is 1. The molecule has 2 aromatic rings. The Labute approximate surface area is 166 Å². The van der Waals surface area contributed by atoms with Crippen LogP contribution in [0, 0.1) is 0 Å². The summed E-state index contributed by atoms with van der Waals surface area (Å²) in [5, 5.41) is 10.4. The Morgan fingerprint density at radius 3 is 2.86 bits per heavy atom. The van der Waals surface area contributed by atoms with E-state index in [1.54, 1.807) is 6.21 Å². The normalized spacial score (nSPS) is 16.0. The molecule has 0 spiro atoms. The van der Waals surface area contributed by atoms with Gasteiger partial charge < -0.3 is 15.6 Å². The van der Waals surface area contributed by atoms with Crippen LogP contribution < -0.4 is 10.5 Å². The van der Waals surface area contributed by atoms with Gasteiger partial charge in [-0.2, -0.15) is 0 Å². The highest BCUT2D eigenvalue weighted by Crippen LogP contribution is 2.20. The maximum atomic E-state index is 10.4. The number of hydrogen-bond acceptors (Lipinski definition) is 5. The highest BCUT2D eigenvalue weighted by molar-refractivity contribution is 6.09. The summed E-state index contributed by atoms with van der Waals surface area (Å²) < 4.78 is 5.81. The number of benzene rings is 2. The van der Waals surface area contributed by atoms with Crippen LogP contribution in [0.4, 0.5) is 0 Å². The average Bonchev–Trinajstić information content (AvgIpc) is 2.73. The van der Waals surface area contributed by atoms with Gasteiger partial charge in [0.1, 0.15) is 18.5 Å². The first-order chi connectivity index (χ1) is 13.7. The molecule has 1 aliphatic rings. The number of fused-ring (bicyclic) bond motifs is 1. The van der Waals surface area contributed by atoms with Gasteiger partial charge in [0.15, 0.2) is 0 Å². The number of ether oxygens (including phenoxy) is 1. The Kier molecular flexibility index (Phi) is 7.00. The Bertz CT molecular complexity index is 860. The Balaban J connectivity index is 1.54. The summed E-state index contributed by atoms with van der Waals surface area (Å²) in [7, 11) is 0. The van der Waals surface area contributed by atoms with E-state index in [0.717, 1.165) is 30.6 Å². The highest BCUT2D eigenvalue weighted by Gasteiger charge is 2.18. The van der Waals surface area contributed by atoms with Gasteiger partial charge in [0.05, 0.1) is 0 Å². The molecule has 3 N–H and O–H groups in total. The van der Waals surface area contributed by atoms with E-state index in [1.165, 1.54) is 23.5 Å². The van der Waals surface area contributed by atoms with E-state index in [-0.39, 0.29) is 6.61 Å². The first-order valence-corrected chi connectivity index (χ1v) is 9.46. The minimum Gasteiger partial charge on any atom is -0.491 e. The summed E-state index contributed by atoms with van der Waals surface area (Å²) in [6.07, 6.45) is 5.07. The van der Waals surface area contributed by atoms with Gasteiger partial charge in [0, 0.05) is 43.8 Å². The van der Waals surface area contributed by atoms with Crippen LogP contribution in [-0.2, 0) is 13.0 Å². The summed E-state index contributed by atoms with van der Waals surface area (Å²) in [6.45, 7) is 6.22. The van der Waals surface area contributed by atoms with Gasteiger partial charge in [-0.1, -0.05) is 43.0 Å². The highest BCUT2D eigenvalue weighted by atomic mass is 16.5. The van der Waals surface area contributed by atoms with Crippen molar-refractivity contribution in [3.63, 3.8) is 0 Å². The van der Waals surface area contributed by atoms with Gasteiger partial charge in [-0.15, -0.1) is 0 Å². The maximum absolute atomic E-state index is 10.4. The summed E-state index contributed by atoms with van der Waals surface area (Å²) in [6, 6.07) is 16.1. The van der Waals surface area contributed by atoms with Crippen molar-refractivity contribution in [2.75, 3.05) is 19.7 Å². The van der Waals surface area contributed by atoms with E-state index in [0.29, 0.717) is 12.3 Å². The van der Waals surface area contributed by atoms with Gasteiger partial charge >= 0.3 is 0 Å². The molecule has 28 heavy (non-hydrogen) atoms. The molecule has 3 rings (SSSR count). The van der Waals surface area contributed by atoms with Gasteiger partial charge in [0.25, 0.3) is 0 Å². The number of rotatable bonds is 8. The van der Waals surface area contributed by atoms with Crippen molar-refractivity contribution in [1.82, 2.24) is 4.90 Å². The lowest BCUT2D eigenvalue weighted by molar-refractivity contribution is 0.0638. The van der Waals surface area contributed by atoms with Crippen LogP contribution in [0.15, 0.2) is 72.5 Å². The van der Waals surface area contributed by atoms with Crippen molar-refractivity contribution >= 4 is 11.8 Å². The fourth-order valence-electron chi connectivity index (χ4n) is 3.37. The van der Waals surface area contributed by atoms with Gasteiger partial charge in [0.2, 0.25) is 0 Å². The summed E-state index contributed by atoms with van der Waals surface area (Å²) in [5.74, 6) is 0.687. The van der Waals surface area contributed by atoms with E-state index >= 15 is 0 Å². The van der Waals surface area contributed by atoms with Crippen LogP contribution >= 0.6 is 0 Å². The molecule has 0 amide bonds. The van der Waals surface area contributed by atoms with Crippen LogP contribution in [0.5, 0.6) is 5.75 Å². The van der Waals surface area contributed by atoms with Crippen molar-refractivity contribution in [1.29, 1.82) is 0 Å². The van der Waals surface area contributed by atoms with E-state index in [1.807, 2.05) is 24.3 Å². The van der Waals surface area contributed by atoms with Crippen molar-refractivity contribution < 1.29 is 9.84 Å². The molecule has 1 unspecified atom stereocenters. The predicted octanol–water partition coefficient (Wildman–Crippen LogP) is 3.00. The average molecular weight is 377 g/mol. The molecule has 0 aliphatic carbocycles. The SMILES string of the molecule is C=C/N=C\C(=C/N)c1cccc(OCC(O)CN2CCc3ccccc3C2)c1. The Morgan fingerprint density at radius 1 is 1.25 bits per heavy atom. The number of nitrogens with two attached hydrogens (primary N) is 1. The van der Waals surface area contributed by atoms with Crippen molar-refractivity contribution in [2.45, 2.75) is 19.1 Å². The largest absolute Gasteiger partial charge is 0.491 e. The predicted molar refractivity (Wildman–Crippen MR) is 114 cm³/mol. The third-order valence-electron chi connectivity index (χ3n) is 4.79. The van der Waals surface area contributed by atoms with Crippen molar-refractivity contribution in [2.24, 2.45) is 10.7 Å². The molecule has 0 bridgehead atoms. The second kappa shape index (κ2) is 9.88. The van der Waals surface area contributed by atoms with Gasteiger partial charge in [-0.3, -0.25) is 9.89 Å². The first kappa shape index (κ1) is 19.9. The molecule has 0 fully saturated rings. The van der Waals surface area contributed by atoms with Crippen LogP contribution in [0.1, 0.15) is 16.7 Å². The molecule has 1 atom stereocenters. The number of aliphatic hydroxyl groups is 1. The number of aliphatic hydroxyl groups excluding tert-OH is 1. The molecule has 0 saturated heterocycles. The fraction of sp³-hybridized carbons (Fsp3) is 0.261. The van der Waals surface area contributed by atoms with E-state index in [9.17, 15) is 5.11 Å². The summed E-state index contributed by atoms with van der Waals surface area (Å²) in [5.41, 5.74) is 10.1. The van der Waals surface area contributed by atoms with Crippen molar-refractivity contribution in [3.8, 4) is 5.75 Å². The monoisotopic (exact) mass is 377 g/mol. The molecule has 5 heteroatoms. The van der Waals surface area contributed by atoms with Gasteiger partial charge in [-0.05, 0) is 35.2 Å². The number of β-amino-alcohol motifs (C(OH)–C–C–N with tert-alkyl or cyclic N) is 1. The van der Waals surface area contributed by atoms with E-state index in [2.05, 4.69) is 40.7 Å². The number of hydrogen-bond donors (Lipinski definition) is 2. The zero-order valence-electron chi connectivity index (χ0n) is 16.0. The minimum absolute atomic E-state index is 0.240. The third kappa shape index (κ3) is 5.31. The zero-order valence-corrected chi connectivity index (χ0v) is 16.0. The van der Waals surface area contributed by atoms with Gasteiger partial charge in [-0.25, -0.2) is 0 Å². The standard InChI is InChI=1S/C23H27N3O2/c1-2-25-14-21(13-24)19-8-5-9-23(12-19)28-17-22(27)16-26-11-10-18-6-3-4-7-20(18)15-26/h2-9,12-14,22,27H,1,10-11,15-17,24H2/b21-13+,25-14-. The lowest BCUT2D eigenvalue weighted by Crippen LogP contribution is -2.38. The second-order valence-corrected chi connectivity index (χ2v) is 6.83. The quantitative estimate of drug-likeness (QED) is 0.694. The van der Waals surface area contributed by atoms with E-state index in [4.69, 9.17) is 10.5 Å². The fourth-order valence-corrected chi connectivity index (χ4v) is 3.37. The van der Waals surface area contributed by atoms with Crippen LogP contribution in [0.3, 0.4) is 0 Å². The zero-order chi connectivity index (χ0) is 19.8. The lowest BCUT2D eigenvalue weighted by Gasteiger charge is -2.30. The first-order valence-electron chi connectivity index (χ1n) is 9.46. The van der Waals surface area contributed by atoms with E-state index < -0.39 is 6.10 Å². The van der Waals surface area contributed by atoms with Crippen LogP contribution in [0.2, 0.25) is 0 Å². The maximum Gasteiger partial charge on any atom is 0.120 e. The molecular formula is C23H27N3O2. The topological polar surface area (TPSA) is 71.1 Å². The molecule has 0 aromatic heterocycles. The summed E-state index contributed by atoms with van der Waals surface area (Å²) in [4.78, 5) is 6.28. The molecule has 0 saturated carbocycles. The molecule has 0 radical (unpaired) electrons. The summed E-state index contributed by atoms with van der Waals surface area (Å²) >= 11 is 0. The van der Waals surface area contributed by atoms with Crippen molar-refractivity contribution in [3.05, 3.63) is 84.2 Å².